The van der Waals surface area contributed by atoms with E-state index in [1.807, 2.05) is 19.1 Å². The lowest BCUT2D eigenvalue weighted by atomic mass is 10.2. The number of anilines is 1. The minimum absolute atomic E-state index is 0.0839. The summed E-state index contributed by atoms with van der Waals surface area (Å²) in [7, 11) is 0. The van der Waals surface area contributed by atoms with Gasteiger partial charge in [-0.2, -0.15) is 0 Å². The molecule has 0 aromatic carbocycles. The van der Waals surface area contributed by atoms with Crippen molar-refractivity contribution in [2.75, 3.05) is 18.4 Å². The van der Waals surface area contributed by atoms with Gasteiger partial charge in [0.15, 0.2) is 0 Å². The quantitative estimate of drug-likeness (QED) is 0.586. The van der Waals surface area contributed by atoms with Crippen LogP contribution in [0.2, 0.25) is 0 Å². The van der Waals surface area contributed by atoms with Crippen molar-refractivity contribution in [1.29, 1.82) is 0 Å². The van der Waals surface area contributed by atoms with Crippen LogP contribution in [0.5, 0.6) is 0 Å². The Bertz CT molecular complexity index is 449. The summed E-state index contributed by atoms with van der Waals surface area (Å²) in [6, 6.07) is 3.95. The van der Waals surface area contributed by atoms with Crippen molar-refractivity contribution in [3.63, 3.8) is 0 Å². The van der Waals surface area contributed by atoms with Crippen LogP contribution < -0.4 is 16.4 Å². The second-order valence-corrected chi connectivity index (χ2v) is 4.70. The molecular weight excluding hydrogens is 256 g/mol. The number of carbonyl (C=O) groups excluding carboxylic acids is 2. The van der Waals surface area contributed by atoms with Crippen LogP contribution in [0.25, 0.3) is 0 Å². The molecule has 1 aromatic heterocycles. The summed E-state index contributed by atoms with van der Waals surface area (Å²) in [5.74, 6) is 0.231. The molecule has 0 unspecified atom stereocenters. The molecule has 20 heavy (non-hydrogen) atoms. The number of aryl methyl sites for hydroxylation is 1. The number of hydrogen-bond donors (Lipinski definition) is 3. The predicted molar refractivity (Wildman–Crippen MR) is 78.1 cm³/mol. The van der Waals surface area contributed by atoms with E-state index in [0.29, 0.717) is 6.42 Å². The molecule has 0 saturated carbocycles. The van der Waals surface area contributed by atoms with Crippen LogP contribution in [0, 0.1) is 6.92 Å². The van der Waals surface area contributed by atoms with Crippen LogP contribution in [0.1, 0.15) is 31.2 Å². The average Bonchev–Trinajstić information content (AvgIpc) is 2.40. The van der Waals surface area contributed by atoms with Gasteiger partial charge in [0.05, 0.1) is 6.54 Å². The van der Waals surface area contributed by atoms with Gasteiger partial charge in [0, 0.05) is 19.2 Å². The number of primary amides is 1. The topological polar surface area (TPSA) is 97.1 Å². The predicted octanol–water partition coefficient (Wildman–Crippen LogP) is 0.964. The standard InChI is InChI=1S/C14H22N4O2/c1-11-6-8-17-13(9-11)16-7-4-2-3-5-14(20)18-10-12(15)19/h6,8-9H,2-5,7,10H2,1H3,(H2,15,19)(H,16,17)(H,18,20). The number of carbonyl (C=O) groups is 2. The van der Waals surface area contributed by atoms with Gasteiger partial charge in [-0.3, -0.25) is 9.59 Å². The second kappa shape index (κ2) is 8.90. The first-order chi connectivity index (χ1) is 9.58. The van der Waals surface area contributed by atoms with Crippen molar-refractivity contribution >= 4 is 17.6 Å². The summed E-state index contributed by atoms with van der Waals surface area (Å²) >= 11 is 0. The lowest BCUT2D eigenvalue weighted by Crippen LogP contribution is -2.33. The molecule has 0 fully saturated rings. The molecule has 6 nitrogen and oxygen atoms in total. The van der Waals surface area contributed by atoms with E-state index >= 15 is 0 Å². The monoisotopic (exact) mass is 278 g/mol. The Hall–Kier alpha value is -2.11. The molecule has 0 atom stereocenters. The zero-order valence-electron chi connectivity index (χ0n) is 11.8. The molecule has 1 heterocycles. The SMILES string of the molecule is Cc1ccnc(NCCCCCC(=O)NCC(N)=O)c1. The number of nitrogens with zero attached hydrogens (tertiary/aromatic N) is 1. The summed E-state index contributed by atoms with van der Waals surface area (Å²) in [5, 5.41) is 5.71. The molecule has 0 spiro atoms. The van der Waals surface area contributed by atoms with Crippen molar-refractivity contribution in [2.45, 2.75) is 32.6 Å². The number of amides is 2. The molecule has 110 valence electrons. The van der Waals surface area contributed by atoms with Crippen molar-refractivity contribution < 1.29 is 9.59 Å². The maximum Gasteiger partial charge on any atom is 0.236 e. The Kier molecular flexibility index (Phi) is 7.10. The lowest BCUT2D eigenvalue weighted by Gasteiger charge is -2.06. The lowest BCUT2D eigenvalue weighted by molar-refractivity contribution is -0.124. The van der Waals surface area contributed by atoms with Gasteiger partial charge in [0.2, 0.25) is 11.8 Å². The van der Waals surface area contributed by atoms with E-state index in [1.54, 1.807) is 6.20 Å². The highest BCUT2D eigenvalue weighted by molar-refractivity contribution is 5.83. The fourth-order valence-corrected chi connectivity index (χ4v) is 1.71. The maximum atomic E-state index is 11.3. The van der Waals surface area contributed by atoms with E-state index in [4.69, 9.17) is 5.73 Å². The van der Waals surface area contributed by atoms with Gasteiger partial charge in [-0.25, -0.2) is 4.98 Å². The molecule has 2 amide bonds. The van der Waals surface area contributed by atoms with Gasteiger partial charge in [0.25, 0.3) is 0 Å². The zero-order valence-corrected chi connectivity index (χ0v) is 11.8. The first kappa shape index (κ1) is 15.9. The Balaban J connectivity index is 2.02. The van der Waals surface area contributed by atoms with Crippen molar-refractivity contribution in [3.8, 4) is 0 Å². The number of hydrogen-bond acceptors (Lipinski definition) is 4. The normalized spacial score (nSPS) is 10.1. The largest absolute Gasteiger partial charge is 0.370 e. The Morgan fingerprint density at radius 2 is 2.10 bits per heavy atom. The highest BCUT2D eigenvalue weighted by Gasteiger charge is 2.02. The molecule has 1 aromatic rings. The molecule has 0 radical (unpaired) electrons. The third-order valence-corrected chi connectivity index (χ3v) is 2.76. The third-order valence-electron chi connectivity index (χ3n) is 2.76. The summed E-state index contributed by atoms with van der Waals surface area (Å²) in [5.41, 5.74) is 6.11. The van der Waals surface area contributed by atoms with Crippen LogP contribution in [-0.2, 0) is 9.59 Å². The average molecular weight is 278 g/mol. The molecule has 4 N–H and O–H groups in total. The molecule has 0 aliphatic carbocycles. The zero-order chi connectivity index (χ0) is 14.8. The van der Waals surface area contributed by atoms with Crippen LogP contribution >= 0.6 is 0 Å². The number of nitrogens with two attached hydrogens (primary N) is 1. The molecule has 1 rings (SSSR count). The van der Waals surface area contributed by atoms with E-state index in [1.165, 1.54) is 5.56 Å². The number of pyridine rings is 1. The Labute approximate surface area is 119 Å². The van der Waals surface area contributed by atoms with Crippen LogP contribution in [0.15, 0.2) is 18.3 Å². The smallest absolute Gasteiger partial charge is 0.236 e. The third kappa shape index (κ3) is 7.35. The van der Waals surface area contributed by atoms with E-state index in [0.717, 1.165) is 31.6 Å². The van der Waals surface area contributed by atoms with Gasteiger partial charge < -0.3 is 16.4 Å². The van der Waals surface area contributed by atoms with Crippen molar-refractivity contribution in [3.05, 3.63) is 23.9 Å². The van der Waals surface area contributed by atoms with Crippen LogP contribution in [0.3, 0.4) is 0 Å². The van der Waals surface area contributed by atoms with Gasteiger partial charge in [-0.05, 0) is 37.5 Å². The fraction of sp³-hybridized carbons (Fsp3) is 0.500. The number of aromatic nitrogens is 1. The number of nitrogens with one attached hydrogen (secondary N) is 2. The summed E-state index contributed by atoms with van der Waals surface area (Å²) in [6.45, 7) is 2.77. The van der Waals surface area contributed by atoms with E-state index in [-0.39, 0.29) is 12.5 Å². The molecule has 0 bridgehead atoms. The minimum atomic E-state index is -0.520. The van der Waals surface area contributed by atoms with Crippen molar-refractivity contribution in [1.82, 2.24) is 10.3 Å². The van der Waals surface area contributed by atoms with Crippen LogP contribution in [0.4, 0.5) is 5.82 Å². The summed E-state index contributed by atoms with van der Waals surface area (Å²) in [4.78, 5) is 26.0. The number of rotatable bonds is 9. The summed E-state index contributed by atoms with van der Waals surface area (Å²) < 4.78 is 0. The van der Waals surface area contributed by atoms with E-state index < -0.39 is 5.91 Å². The Morgan fingerprint density at radius 3 is 2.80 bits per heavy atom. The van der Waals surface area contributed by atoms with Crippen LogP contribution in [-0.4, -0.2) is 29.9 Å². The highest BCUT2D eigenvalue weighted by atomic mass is 16.2. The first-order valence-electron chi connectivity index (χ1n) is 6.79. The fourth-order valence-electron chi connectivity index (χ4n) is 1.71. The first-order valence-corrected chi connectivity index (χ1v) is 6.79. The molecule has 6 heteroatoms. The van der Waals surface area contributed by atoms with Gasteiger partial charge >= 0.3 is 0 Å². The molecule has 0 aliphatic heterocycles. The van der Waals surface area contributed by atoms with Gasteiger partial charge in [0.1, 0.15) is 5.82 Å². The number of unbranched alkanes of at least 4 members (excludes halogenated alkanes) is 2. The second-order valence-electron chi connectivity index (χ2n) is 4.70. The van der Waals surface area contributed by atoms with Gasteiger partial charge in [-0.1, -0.05) is 6.42 Å². The van der Waals surface area contributed by atoms with Crippen molar-refractivity contribution in [2.24, 2.45) is 5.73 Å². The van der Waals surface area contributed by atoms with E-state index in [9.17, 15) is 9.59 Å². The van der Waals surface area contributed by atoms with Gasteiger partial charge in [-0.15, -0.1) is 0 Å². The Morgan fingerprint density at radius 1 is 1.30 bits per heavy atom. The molecular formula is C14H22N4O2. The minimum Gasteiger partial charge on any atom is -0.370 e. The highest BCUT2D eigenvalue weighted by Crippen LogP contribution is 2.06. The summed E-state index contributed by atoms with van der Waals surface area (Å²) in [6.07, 6.45) is 4.92. The van der Waals surface area contributed by atoms with E-state index in [2.05, 4.69) is 15.6 Å². The molecule has 0 aliphatic rings. The molecule has 0 saturated heterocycles. The maximum absolute atomic E-state index is 11.3.